The molecule has 576 valence electrons. The molecule has 2 heterocycles. The van der Waals surface area contributed by atoms with Crippen LogP contribution in [-0.4, -0.2) is 0 Å². The summed E-state index contributed by atoms with van der Waals surface area (Å²) in [4.78, 5) is 0. The summed E-state index contributed by atoms with van der Waals surface area (Å²) >= 11 is 0. The second-order valence-corrected chi connectivity index (χ2v) is 31.5. The molecular weight excluding hydrogens is 1500 g/mol. The molecule has 0 spiro atoms. The van der Waals surface area contributed by atoms with Crippen LogP contribution in [0, 0.1) is 0 Å². The number of furan rings is 2. The molecule has 0 fully saturated rings. The highest BCUT2D eigenvalue weighted by Crippen LogP contribution is 2.52. The van der Waals surface area contributed by atoms with Crippen molar-refractivity contribution in [3.8, 4) is 122 Å². The van der Waals surface area contributed by atoms with Crippen LogP contribution < -0.4 is 0 Å². The van der Waals surface area contributed by atoms with Gasteiger partial charge in [-0.15, -0.1) is 0 Å². The van der Waals surface area contributed by atoms with Crippen molar-refractivity contribution >= 4 is 130 Å². The summed E-state index contributed by atoms with van der Waals surface area (Å²) in [6.45, 7) is 0. The monoisotopic (exact) mass is 1590 g/mol. The third-order valence-electron chi connectivity index (χ3n) is 24.7. The number of benzene rings is 23. The molecule has 23 aromatic carbocycles. The molecule has 0 saturated carbocycles. The van der Waals surface area contributed by atoms with Gasteiger partial charge in [-0.25, -0.2) is 0 Å². The lowest BCUT2D eigenvalue weighted by molar-refractivity contribution is 0.669. The minimum absolute atomic E-state index is 0.123. The average Bonchev–Trinajstić information content (AvgIpc) is 1.43. The zero-order valence-corrected chi connectivity index (χ0v) is 66.5. The molecule has 0 saturated heterocycles. The Kier molecular flexibility index (Phi) is 13.9. The van der Waals surface area contributed by atoms with E-state index in [0.29, 0.717) is 27.9 Å². The van der Waals surface area contributed by atoms with Gasteiger partial charge < -0.3 is 8.83 Å². The van der Waals surface area contributed by atoms with Crippen LogP contribution in [-0.2, 0) is 0 Å². The Morgan fingerprint density at radius 2 is 0.581 bits per heavy atom. The van der Waals surface area contributed by atoms with Gasteiger partial charge >= 0.3 is 0 Å². The van der Waals surface area contributed by atoms with E-state index < -0.39 is 18.1 Å². The predicted molar refractivity (Wildman–Crippen MR) is 527 cm³/mol. The van der Waals surface area contributed by atoms with E-state index in [9.17, 15) is 0 Å². The highest BCUT2D eigenvalue weighted by Gasteiger charge is 2.25. The van der Waals surface area contributed by atoms with Crippen LogP contribution in [0.5, 0.6) is 0 Å². The summed E-state index contributed by atoms with van der Waals surface area (Å²) in [6, 6.07) is 122. The Labute approximate surface area is 738 Å². The Balaban J connectivity index is 0.000000151. The summed E-state index contributed by atoms with van der Waals surface area (Å²) in [5, 5.41) is 19.6. The zero-order valence-electron chi connectivity index (χ0n) is 81.5. The molecule has 2 heteroatoms. The zero-order chi connectivity index (χ0) is 94.8. The highest BCUT2D eigenvalue weighted by molar-refractivity contribution is 6.28. The van der Waals surface area contributed by atoms with E-state index in [0.717, 1.165) is 208 Å². The molecule has 0 aliphatic rings. The van der Waals surface area contributed by atoms with E-state index in [4.69, 9.17) is 29.4 Å². The molecule has 25 aromatic rings. The number of rotatable bonds is 11. The quantitative estimate of drug-likeness (QED) is 0.0953. The molecule has 124 heavy (non-hydrogen) atoms. The van der Waals surface area contributed by atoms with E-state index in [1.807, 2.05) is 97.1 Å². The first-order valence-electron chi connectivity index (χ1n) is 49.0. The minimum Gasteiger partial charge on any atom is -0.456 e. The van der Waals surface area contributed by atoms with Gasteiger partial charge in [0.2, 0.25) is 0 Å². The summed E-state index contributed by atoms with van der Waals surface area (Å²) < 4.78 is 142. The van der Waals surface area contributed by atoms with Gasteiger partial charge in [0.15, 0.2) is 0 Å². The van der Waals surface area contributed by atoms with E-state index in [1.54, 1.807) is 12.1 Å². The van der Waals surface area contributed by atoms with Crippen molar-refractivity contribution in [1.82, 2.24) is 0 Å². The van der Waals surface area contributed by atoms with Gasteiger partial charge in [0.25, 0.3) is 0 Å². The number of para-hydroxylation sites is 1. The van der Waals surface area contributed by atoms with Crippen LogP contribution in [0.2, 0.25) is 0 Å². The van der Waals surface area contributed by atoms with Crippen molar-refractivity contribution in [2.75, 3.05) is 0 Å². The van der Waals surface area contributed by atoms with E-state index in [1.165, 1.54) is 0 Å². The molecular formula is C122H76O2. The van der Waals surface area contributed by atoms with E-state index >= 15 is 0 Å². The summed E-state index contributed by atoms with van der Waals surface area (Å²) in [6.07, 6.45) is 0. The Hall–Kier alpha value is -16.3. The largest absolute Gasteiger partial charge is 0.456 e. The molecule has 0 atom stereocenters. The standard InChI is InChI=1S/C64H40O.C58H36O/c1-4-17-41(18-5-1)50-29-16-30-57-60-39-44(33-36-61(60)65-64(50)57)48-34-31-45(38-58(48)42-19-6-2-7-20-42)59-40-47-37-46(32-35-49(47)51-23-10-11-24-52(51)59)63-55-27-14-12-25-53(55)62(43-21-8-3-9-22-43)54-26-13-15-28-56(54)63;1-3-16-37(17-4-1)39-32-33-51-54(36-39)59-53-31-15-30-44(58(51)53)41-21-13-20-40(34-41)43-29-14-22-42-35-52(45-23-7-8-24-46(45)56(42)43)57-49-27-11-9-25-47(49)55(38-18-5-2-6-19-38)48-26-10-12-28-50(48)57/h1-40H;1-36H/i3D,8D,9D,21D,22D;1D,2D,3D,4D,5D,6D,16D,17D,18D,19D. The summed E-state index contributed by atoms with van der Waals surface area (Å²) in [5.41, 5.74) is 22.1. The molecule has 0 unspecified atom stereocenters. The van der Waals surface area contributed by atoms with Crippen LogP contribution >= 0.6 is 0 Å². The van der Waals surface area contributed by atoms with Crippen LogP contribution in [0.1, 0.15) is 20.6 Å². The number of fused-ring (bicyclic) bond motifs is 16. The smallest absolute Gasteiger partial charge is 0.143 e. The van der Waals surface area contributed by atoms with Gasteiger partial charge in [-0.2, -0.15) is 0 Å². The van der Waals surface area contributed by atoms with Crippen molar-refractivity contribution in [2.45, 2.75) is 0 Å². The summed E-state index contributed by atoms with van der Waals surface area (Å²) in [5.74, 6) is 0. The summed E-state index contributed by atoms with van der Waals surface area (Å²) in [7, 11) is 0. The molecule has 0 aliphatic carbocycles. The van der Waals surface area contributed by atoms with Crippen LogP contribution in [0.3, 0.4) is 0 Å². The van der Waals surface area contributed by atoms with Crippen molar-refractivity contribution < 1.29 is 29.4 Å². The lowest BCUT2D eigenvalue weighted by Crippen LogP contribution is -1.93. The normalized spacial score (nSPS) is 13.4. The first-order valence-corrected chi connectivity index (χ1v) is 41.5. The van der Waals surface area contributed by atoms with Crippen molar-refractivity contribution in [3.05, 3.63) is 461 Å². The molecule has 25 rings (SSSR count). The maximum atomic E-state index is 9.01. The fourth-order valence-electron chi connectivity index (χ4n) is 19.4. The Morgan fingerprint density at radius 1 is 0.153 bits per heavy atom. The lowest BCUT2D eigenvalue weighted by Gasteiger charge is -2.20. The second kappa shape index (κ2) is 29.9. The van der Waals surface area contributed by atoms with Crippen LogP contribution in [0.25, 0.3) is 252 Å². The lowest BCUT2D eigenvalue weighted by atomic mass is 9.83. The fourth-order valence-corrected chi connectivity index (χ4v) is 19.4. The predicted octanol–water partition coefficient (Wildman–Crippen LogP) is 34.7. The van der Waals surface area contributed by atoms with Crippen LogP contribution in [0.4, 0.5) is 0 Å². The van der Waals surface area contributed by atoms with Crippen LogP contribution in [0.15, 0.2) is 470 Å². The van der Waals surface area contributed by atoms with Gasteiger partial charge in [0, 0.05) is 27.1 Å². The van der Waals surface area contributed by atoms with Gasteiger partial charge in [-0.1, -0.05) is 400 Å². The molecule has 0 N–H and O–H groups in total. The van der Waals surface area contributed by atoms with E-state index in [2.05, 4.69) is 261 Å². The van der Waals surface area contributed by atoms with E-state index in [-0.39, 0.29) is 89.2 Å². The maximum absolute atomic E-state index is 9.01. The van der Waals surface area contributed by atoms with Gasteiger partial charge in [-0.05, 0) is 264 Å². The fraction of sp³-hybridized carbons (Fsp3) is 0. The van der Waals surface area contributed by atoms with Gasteiger partial charge in [0.05, 0.1) is 20.6 Å². The molecule has 0 aliphatic heterocycles. The van der Waals surface area contributed by atoms with Crippen molar-refractivity contribution in [2.24, 2.45) is 0 Å². The topological polar surface area (TPSA) is 26.3 Å². The first-order chi connectivity index (χ1) is 67.7. The number of hydrogen-bond acceptors (Lipinski definition) is 2. The maximum Gasteiger partial charge on any atom is 0.143 e. The third kappa shape index (κ3) is 12.1. The Bertz CT molecular complexity index is 9400. The highest BCUT2D eigenvalue weighted by atomic mass is 16.3. The minimum atomic E-state index is -0.435. The first kappa shape index (κ1) is 57.8. The molecule has 2 aromatic heterocycles. The average molecular weight is 1590 g/mol. The molecule has 0 radical (unpaired) electrons. The van der Waals surface area contributed by atoms with Crippen molar-refractivity contribution in [1.29, 1.82) is 0 Å². The molecule has 0 amide bonds. The third-order valence-corrected chi connectivity index (χ3v) is 24.7. The second-order valence-electron chi connectivity index (χ2n) is 31.5. The SMILES string of the molecule is [2H]c1c([2H])c([2H])c(-c2c3ccccc3c(-c3ccc4c(c3)cc(-c3ccc(-c5ccc6oc7c(-c8ccccc8)cccc7c6c5)c(-c5ccccc5)c3)c3ccccc34)c3ccccc23)c([2H])c1[2H].[2H]c1c([2H])c([2H])c(-c2ccc3c(c2)oc2cccc(-c4cccc(-c5cccc6cc(-c7c8ccccc8c(-c8c([2H])c([2H])c([2H])c([2H])c8[2H])c8ccccc78)c7ccccc7c56)c4)c23)c([2H])c1[2H]. The Morgan fingerprint density at radius 3 is 1.19 bits per heavy atom. The molecule has 0 bridgehead atoms. The van der Waals surface area contributed by atoms with Gasteiger partial charge in [0.1, 0.15) is 22.3 Å². The van der Waals surface area contributed by atoms with Crippen molar-refractivity contribution in [3.63, 3.8) is 0 Å². The number of hydrogen-bond donors (Lipinski definition) is 0. The molecule has 2 nitrogen and oxygen atoms in total. The van der Waals surface area contributed by atoms with Gasteiger partial charge in [-0.3, -0.25) is 0 Å².